The molecule has 0 saturated carbocycles. The highest BCUT2D eigenvalue weighted by Gasteiger charge is 2.42. The lowest BCUT2D eigenvalue weighted by Gasteiger charge is -2.29. The molecule has 1 N–H and O–H groups in total. The fourth-order valence-corrected chi connectivity index (χ4v) is 4.42. The molecule has 2 aliphatic heterocycles. The number of carboxylic acid groups (broad SMARTS) is 1. The number of alkyl halides is 3. The molecule has 2 aliphatic rings. The minimum absolute atomic E-state index is 0.0650. The second-order valence-electron chi connectivity index (χ2n) is 8.04. The van der Waals surface area contributed by atoms with E-state index in [2.05, 4.69) is 0 Å². The summed E-state index contributed by atoms with van der Waals surface area (Å²) in [6.07, 6.45) is -5.89. The first kappa shape index (κ1) is 21.7. The first-order valence-corrected chi connectivity index (χ1v) is 10.3. The summed E-state index contributed by atoms with van der Waals surface area (Å²) >= 11 is 0. The van der Waals surface area contributed by atoms with Crippen molar-refractivity contribution in [3.8, 4) is 16.9 Å². The first-order valence-electron chi connectivity index (χ1n) is 10.3. The lowest BCUT2D eigenvalue weighted by atomic mass is 9.86. The average Bonchev–Trinajstić information content (AvgIpc) is 3.03. The Bertz CT molecular complexity index is 1350. The molecule has 0 aromatic heterocycles. The van der Waals surface area contributed by atoms with Gasteiger partial charge in [0.25, 0.3) is 11.7 Å². The van der Waals surface area contributed by atoms with Crippen LogP contribution in [0.15, 0.2) is 60.7 Å². The number of halogens is 3. The van der Waals surface area contributed by atoms with Crippen molar-refractivity contribution in [3.63, 3.8) is 0 Å². The summed E-state index contributed by atoms with van der Waals surface area (Å²) in [4.78, 5) is 38.7. The molecule has 1 amide bonds. The number of benzene rings is 3. The first-order chi connectivity index (χ1) is 16.1. The van der Waals surface area contributed by atoms with E-state index in [0.717, 1.165) is 12.1 Å². The summed E-state index contributed by atoms with van der Waals surface area (Å²) in [5.74, 6) is -2.31. The van der Waals surface area contributed by atoms with E-state index in [0.29, 0.717) is 28.0 Å². The number of ether oxygens (including phenoxy) is 1. The number of Topliss-reactive ketones (excluding diaryl/α,β-unsaturated/α-hetero) is 1. The normalized spacial score (nSPS) is 16.6. The third-order valence-electron chi connectivity index (χ3n) is 5.93. The molecule has 2 heterocycles. The van der Waals surface area contributed by atoms with Gasteiger partial charge < -0.3 is 14.7 Å². The zero-order valence-electron chi connectivity index (χ0n) is 17.4. The average molecular weight is 467 g/mol. The van der Waals surface area contributed by atoms with Gasteiger partial charge >= 0.3 is 12.1 Å². The number of rotatable bonds is 4. The lowest BCUT2D eigenvalue weighted by Crippen LogP contribution is -2.29. The number of nitrogens with zero attached hydrogens (tertiary/aromatic N) is 1. The van der Waals surface area contributed by atoms with E-state index in [1.165, 1.54) is 17.0 Å². The summed E-state index contributed by atoms with van der Waals surface area (Å²) in [5.41, 5.74) is 1.52. The van der Waals surface area contributed by atoms with E-state index in [9.17, 15) is 32.7 Å². The molecule has 3 aromatic rings. The SMILES string of the molecule is O=C(O)CC1Oc2ccccc2-c2ccc3c(c21)C(=O)C(=O)N3Cc1ccc(C(F)(F)F)cc1. The van der Waals surface area contributed by atoms with Gasteiger partial charge in [0.2, 0.25) is 0 Å². The van der Waals surface area contributed by atoms with Crippen molar-refractivity contribution in [3.05, 3.63) is 82.9 Å². The Morgan fingerprint density at radius 2 is 1.68 bits per heavy atom. The van der Waals surface area contributed by atoms with E-state index >= 15 is 0 Å². The van der Waals surface area contributed by atoms with Gasteiger partial charge in [0.1, 0.15) is 11.9 Å². The van der Waals surface area contributed by atoms with Crippen LogP contribution in [0.1, 0.15) is 39.6 Å². The molecule has 0 bridgehead atoms. The minimum atomic E-state index is -4.49. The molecule has 9 heteroatoms. The van der Waals surface area contributed by atoms with Crippen molar-refractivity contribution in [2.75, 3.05) is 4.90 Å². The Balaban J connectivity index is 1.59. The van der Waals surface area contributed by atoms with Gasteiger partial charge in [-0.2, -0.15) is 13.2 Å². The summed E-state index contributed by atoms with van der Waals surface area (Å²) in [7, 11) is 0. The Hall–Kier alpha value is -4.14. The zero-order valence-corrected chi connectivity index (χ0v) is 17.4. The van der Waals surface area contributed by atoms with Gasteiger partial charge in [-0.25, -0.2) is 0 Å². The highest BCUT2D eigenvalue weighted by molar-refractivity contribution is 6.52. The summed E-state index contributed by atoms with van der Waals surface area (Å²) in [6, 6.07) is 14.6. The fraction of sp³-hybridized carbons (Fsp3) is 0.160. The Morgan fingerprint density at radius 1 is 0.971 bits per heavy atom. The second-order valence-corrected chi connectivity index (χ2v) is 8.04. The van der Waals surface area contributed by atoms with Crippen molar-refractivity contribution >= 4 is 23.3 Å². The van der Waals surface area contributed by atoms with Gasteiger partial charge in [0, 0.05) is 11.1 Å². The van der Waals surface area contributed by atoms with Gasteiger partial charge in [0.05, 0.1) is 29.8 Å². The summed E-state index contributed by atoms with van der Waals surface area (Å²) in [5, 5.41) is 9.41. The number of hydrogen-bond acceptors (Lipinski definition) is 4. The summed E-state index contributed by atoms with van der Waals surface area (Å²) < 4.78 is 44.5. The third-order valence-corrected chi connectivity index (χ3v) is 5.93. The standard InChI is InChI=1S/C25H16F3NO5/c26-25(27,28)14-7-5-13(6-8-14)12-29-17-10-9-16-15-3-1-2-4-18(15)34-19(11-20(30)31)21(16)22(17)23(32)24(29)33/h1-10,19H,11-12H2,(H,30,31). The molecule has 0 aliphatic carbocycles. The van der Waals surface area contributed by atoms with E-state index in [1.54, 1.807) is 36.4 Å². The Labute approximate surface area is 191 Å². The van der Waals surface area contributed by atoms with E-state index in [4.69, 9.17) is 4.74 Å². The van der Waals surface area contributed by atoms with Gasteiger partial charge in [0.15, 0.2) is 0 Å². The molecule has 172 valence electrons. The molecule has 34 heavy (non-hydrogen) atoms. The zero-order chi connectivity index (χ0) is 24.2. The molecule has 0 saturated heterocycles. The molecule has 6 nitrogen and oxygen atoms in total. The number of carbonyl (C=O) groups excluding carboxylic acids is 2. The summed E-state index contributed by atoms with van der Waals surface area (Å²) in [6.45, 7) is -0.116. The smallest absolute Gasteiger partial charge is 0.416 e. The molecule has 0 radical (unpaired) electrons. The lowest BCUT2D eigenvalue weighted by molar-refractivity contribution is -0.139. The van der Waals surface area contributed by atoms with Crippen LogP contribution in [0.25, 0.3) is 11.1 Å². The van der Waals surface area contributed by atoms with E-state index in [1.807, 2.05) is 0 Å². The van der Waals surface area contributed by atoms with Crippen molar-refractivity contribution in [2.45, 2.75) is 25.2 Å². The fourth-order valence-electron chi connectivity index (χ4n) is 4.42. The molecule has 1 unspecified atom stereocenters. The number of ketones is 1. The van der Waals surface area contributed by atoms with Crippen LogP contribution >= 0.6 is 0 Å². The van der Waals surface area contributed by atoms with Crippen LogP contribution in [0.5, 0.6) is 5.75 Å². The predicted octanol–water partition coefficient (Wildman–Crippen LogP) is 5.01. The van der Waals surface area contributed by atoms with Gasteiger partial charge in [-0.1, -0.05) is 36.4 Å². The number of carboxylic acids is 1. The van der Waals surface area contributed by atoms with Crippen molar-refractivity contribution in [2.24, 2.45) is 0 Å². The Kier molecular flexibility index (Phi) is 4.93. The molecule has 1 atom stereocenters. The number of carbonyl (C=O) groups is 3. The highest BCUT2D eigenvalue weighted by atomic mass is 19.4. The molecule has 3 aromatic carbocycles. The van der Waals surface area contributed by atoms with Crippen LogP contribution in [0.3, 0.4) is 0 Å². The predicted molar refractivity (Wildman–Crippen MR) is 114 cm³/mol. The number of fused-ring (bicyclic) bond motifs is 5. The Morgan fingerprint density at radius 3 is 2.35 bits per heavy atom. The van der Waals surface area contributed by atoms with Gasteiger partial charge in [-0.15, -0.1) is 0 Å². The maximum Gasteiger partial charge on any atom is 0.416 e. The highest BCUT2D eigenvalue weighted by Crippen LogP contribution is 2.48. The van der Waals surface area contributed by atoms with Crippen molar-refractivity contribution in [1.29, 1.82) is 0 Å². The van der Waals surface area contributed by atoms with Crippen LogP contribution in [-0.4, -0.2) is 22.8 Å². The number of amides is 1. The van der Waals surface area contributed by atoms with E-state index in [-0.39, 0.29) is 17.8 Å². The van der Waals surface area contributed by atoms with Crippen LogP contribution < -0.4 is 9.64 Å². The number of anilines is 1. The number of hydrogen-bond donors (Lipinski definition) is 1. The molecular formula is C25H16F3NO5. The van der Waals surface area contributed by atoms with Crippen LogP contribution in [0, 0.1) is 0 Å². The molecule has 0 fully saturated rings. The minimum Gasteiger partial charge on any atom is -0.484 e. The quantitative estimate of drug-likeness (QED) is 0.546. The third kappa shape index (κ3) is 3.49. The topological polar surface area (TPSA) is 83.9 Å². The monoisotopic (exact) mass is 467 g/mol. The molecule has 5 rings (SSSR count). The van der Waals surface area contributed by atoms with Crippen LogP contribution in [-0.2, 0) is 22.3 Å². The van der Waals surface area contributed by atoms with Crippen LogP contribution in [0.2, 0.25) is 0 Å². The maximum atomic E-state index is 13.1. The largest absolute Gasteiger partial charge is 0.484 e. The molecule has 0 spiro atoms. The maximum absolute atomic E-state index is 13.1. The number of para-hydroxylation sites is 1. The second kappa shape index (κ2) is 7.72. The van der Waals surface area contributed by atoms with Crippen LogP contribution in [0.4, 0.5) is 18.9 Å². The van der Waals surface area contributed by atoms with E-state index < -0.39 is 41.9 Å². The van der Waals surface area contributed by atoms with Gasteiger partial charge in [-0.05, 0) is 35.4 Å². The van der Waals surface area contributed by atoms with Gasteiger partial charge in [-0.3, -0.25) is 14.4 Å². The van der Waals surface area contributed by atoms with Crippen molar-refractivity contribution < 1.29 is 37.4 Å². The van der Waals surface area contributed by atoms with Crippen molar-refractivity contribution in [1.82, 2.24) is 0 Å². The number of aliphatic carboxylic acids is 1. The molecular weight excluding hydrogens is 451 g/mol.